The van der Waals surface area contributed by atoms with Crippen LogP contribution in [0.25, 0.3) is 0 Å². The smallest absolute Gasteiger partial charge is 0.253 e. The second kappa shape index (κ2) is 9.18. The van der Waals surface area contributed by atoms with E-state index in [9.17, 15) is 4.79 Å². The molecule has 5 heteroatoms. The monoisotopic (exact) mass is 355 g/mol. The topological polar surface area (TPSA) is 44.4 Å². The van der Waals surface area contributed by atoms with Gasteiger partial charge in [-0.2, -0.15) is 0 Å². The molecule has 0 aliphatic heterocycles. The summed E-state index contributed by atoms with van der Waals surface area (Å²) in [6.07, 6.45) is 2.01. The van der Waals surface area contributed by atoms with E-state index in [0.29, 0.717) is 10.7 Å². The number of rotatable bonds is 6. The molecule has 0 bridgehead atoms. The van der Waals surface area contributed by atoms with Crippen molar-refractivity contribution in [2.45, 2.75) is 25.8 Å². The van der Waals surface area contributed by atoms with Crippen molar-refractivity contribution in [2.24, 2.45) is 0 Å². The lowest BCUT2D eigenvalue weighted by Crippen LogP contribution is -2.36. The molecule has 0 aliphatic carbocycles. The van der Waals surface area contributed by atoms with Crippen LogP contribution in [0.15, 0.2) is 54.6 Å². The van der Waals surface area contributed by atoms with Gasteiger partial charge in [-0.1, -0.05) is 30.3 Å². The van der Waals surface area contributed by atoms with E-state index in [4.69, 9.17) is 12.2 Å². The highest BCUT2D eigenvalue weighted by Crippen LogP contribution is 2.11. The molecule has 0 saturated carbocycles. The molecule has 2 N–H and O–H groups in total. The Morgan fingerprint density at radius 2 is 1.72 bits per heavy atom. The third-order valence-electron chi connectivity index (χ3n) is 3.88. The zero-order chi connectivity index (χ0) is 18.2. The minimum atomic E-state index is -0.0122. The van der Waals surface area contributed by atoms with Gasteiger partial charge in [-0.15, -0.1) is 0 Å². The van der Waals surface area contributed by atoms with Crippen molar-refractivity contribution in [1.29, 1.82) is 0 Å². The summed E-state index contributed by atoms with van der Waals surface area (Å²) in [4.78, 5) is 13.4. The minimum Gasteiger partial charge on any atom is -0.360 e. The summed E-state index contributed by atoms with van der Waals surface area (Å²) in [5.74, 6) is -0.0122. The van der Waals surface area contributed by atoms with Gasteiger partial charge in [-0.05, 0) is 61.8 Å². The highest BCUT2D eigenvalue weighted by Gasteiger charge is 2.08. The van der Waals surface area contributed by atoms with Crippen LogP contribution in [-0.4, -0.2) is 36.1 Å². The second-order valence-electron chi connectivity index (χ2n) is 6.30. The average Bonchev–Trinajstić information content (AvgIpc) is 2.60. The number of hydrogen-bond acceptors (Lipinski definition) is 2. The third-order valence-corrected chi connectivity index (χ3v) is 4.10. The number of carbonyl (C=O) groups is 1. The van der Waals surface area contributed by atoms with E-state index < -0.39 is 0 Å². The lowest BCUT2D eigenvalue weighted by atomic mass is 10.1. The maximum absolute atomic E-state index is 11.9. The number of aryl methyl sites for hydroxylation is 1. The van der Waals surface area contributed by atoms with Gasteiger partial charge >= 0.3 is 0 Å². The largest absolute Gasteiger partial charge is 0.360 e. The number of amides is 1. The van der Waals surface area contributed by atoms with Crippen LogP contribution < -0.4 is 10.6 Å². The number of hydrogen-bond donors (Lipinski definition) is 2. The van der Waals surface area contributed by atoms with Crippen molar-refractivity contribution in [2.75, 3.05) is 19.4 Å². The second-order valence-corrected chi connectivity index (χ2v) is 6.71. The van der Waals surface area contributed by atoms with Gasteiger partial charge in [-0.3, -0.25) is 4.79 Å². The number of nitrogens with zero attached hydrogens (tertiary/aromatic N) is 1. The van der Waals surface area contributed by atoms with E-state index in [1.165, 1.54) is 5.56 Å². The minimum absolute atomic E-state index is 0.0122. The van der Waals surface area contributed by atoms with E-state index in [-0.39, 0.29) is 11.9 Å². The van der Waals surface area contributed by atoms with Gasteiger partial charge in [-0.25, -0.2) is 0 Å². The molecule has 0 radical (unpaired) electrons. The molecule has 2 aromatic rings. The molecule has 25 heavy (non-hydrogen) atoms. The Bertz CT molecular complexity index is 699. The molecule has 0 saturated heterocycles. The Labute approximate surface area is 155 Å². The number of benzene rings is 2. The quantitative estimate of drug-likeness (QED) is 0.776. The Kier molecular flexibility index (Phi) is 6.95. The molecule has 0 aromatic heterocycles. The van der Waals surface area contributed by atoms with E-state index in [1.54, 1.807) is 31.1 Å². The molecule has 132 valence electrons. The number of nitrogens with one attached hydrogen (secondary N) is 2. The third kappa shape index (κ3) is 6.19. The van der Waals surface area contributed by atoms with Crippen molar-refractivity contribution < 1.29 is 4.79 Å². The summed E-state index contributed by atoms with van der Waals surface area (Å²) >= 11 is 5.37. The zero-order valence-electron chi connectivity index (χ0n) is 15.0. The lowest BCUT2D eigenvalue weighted by Gasteiger charge is -2.17. The standard InChI is InChI=1S/C20H25N3OS/c1-15(9-10-16-7-5-4-6-8-16)21-20(25)22-18-13-11-17(12-14-18)19(24)23(2)3/h4-8,11-15H,9-10H2,1-3H3,(H2,21,22,25)/t15-/m1/s1. The predicted molar refractivity (Wildman–Crippen MR) is 108 cm³/mol. The Morgan fingerprint density at radius 3 is 2.32 bits per heavy atom. The van der Waals surface area contributed by atoms with Gasteiger partial charge in [0.05, 0.1) is 0 Å². The molecular weight excluding hydrogens is 330 g/mol. The first kappa shape index (κ1) is 18.9. The molecule has 0 aliphatic rings. The van der Waals surface area contributed by atoms with E-state index in [2.05, 4.69) is 41.8 Å². The SMILES string of the molecule is C[C@H](CCc1ccccc1)NC(=S)Nc1ccc(C(=O)N(C)C)cc1. The Balaban J connectivity index is 1.80. The fourth-order valence-corrected chi connectivity index (χ4v) is 2.76. The molecule has 0 fully saturated rings. The molecule has 0 unspecified atom stereocenters. The summed E-state index contributed by atoms with van der Waals surface area (Å²) in [7, 11) is 3.48. The zero-order valence-corrected chi connectivity index (χ0v) is 15.8. The summed E-state index contributed by atoms with van der Waals surface area (Å²) in [6.45, 7) is 2.12. The Morgan fingerprint density at radius 1 is 1.08 bits per heavy atom. The van der Waals surface area contributed by atoms with Crippen LogP contribution in [-0.2, 0) is 6.42 Å². The number of anilines is 1. The van der Waals surface area contributed by atoms with Gasteiger partial charge in [0.15, 0.2) is 5.11 Å². The lowest BCUT2D eigenvalue weighted by molar-refractivity contribution is 0.0827. The van der Waals surface area contributed by atoms with Crippen LogP contribution in [0.3, 0.4) is 0 Å². The van der Waals surface area contributed by atoms with Crippen LogP contribution in [0.1, 0.15) is 29.3 Å². The molecular formula is C20H25N3OS. The van der Waals surface area contributed by atoms with Gasteiger partial charge in [0.2, 0.25) is 0 Å². The average molecular weight is 356 g/mol. The van der Waals surface area contributed by atoms with E-state index in [1.807, 2.05) is 18.2 Å². The van der Waals surface area contributed by atoms with Crippen molar-refractivity contribution in [3.05, 3.63) is 65.7 Å². The molecule has 2 rings (SSSR count). The fraction of sp³-hybridized carbons (Fsp3) is 0.300. The van der Waals surface area contributed by atoms with E-state index >= 15 is 0 Å². The maximum atomic E-state index is 11.9. The molecule has 0 heterocycles. The highest BCUT2D eigenvalue weighted by atomic mass is 32.1. The van der Waals surface area contributed by atoms with Crippen LogP contribution in [0, 0.1) is 0 Å². The summed E-state index contributed by atoms with van der Waals surface area (Å²) in [5, 5.41) is 7.05. The normalized spacial score (nSPS) is 11.5. The molecule has 0 spiro atoms. The van der Waals surface area contributed by atoms with Crippen LogP contribution in [0.5, 0.6) is 0 Å². The fourth-order valence-electron chi connectivity index (χ4n) is 2.45. The number of carbonyl (C=O) groups excluding carboxylic acids is 1. The summed E-state index contributed by atoms with van der Waals surface area (Å²) in [5.41, 5.74) is 2.85. The van der Waals surface area contributed by atoms with Gasteiger partial charge in [0.25, 0.3) is 5.91 Å². The van der Waals surface area contributed by atoms with E-state index in [0.717, 1.165) is 18.5 Å². The van der Waals surface area contributed by atoms with Crippen molar-refractivity contribution in [1.82, 2.24) is 10.2 Å². The van der Waals surface area contributed by atoms with Gasteiger partial charge in [0.1, 0.15) is 0 Å². The first-order valence-electron chi connectivity index (χ1n) is 8.39. The van der Waals surface area contributed by atoms with Gasteiger partial charge in [0, 0.05) is 31.4 Å². The molecule has 1 atom stereocenters. The first-order chi connectivity index (χ1) is 12.0. The predicted octanol–water partition coefficient (Wildman–Crippen LogP) is 3.70. The molecule has 1 amide bonds. The molecule has 4 nitrogen and oxygen atoms in total. The van der Waals surface area contributed by atoms with Crippen LogP contribution in [0.2, 0.25) is 0 Å². The van der Waals surface area contributed by atoms with Crippen LogP contribution in [0.4, 0.5) is 5.69 Å². The van der Waals surface area contributed by atoms with Crippen molar-refractivity contribution >= 4 is 28.9 Å². The van der Waals surface area contributed by atoms with Crippen molar-refractivity contribution in [3.8, 4) is 0 Å². The highest BCUT2D eigenvalue weighted by molar-refractivity contribution is 7.80. The maximum Gasteiger partial charge on any atom is 0.253 e. The number of thiocarbonyl (C=S) groups is 1. The van der Waals surface area contributed by atoms with Crippen LogP contribution >= 0.6 is 12.2 Å². The first-order valence-corrected chi connectivity index (χ1v) is 8.79. The summed E-state index contributed by atoms with van der Waals surface area (Å²) in [6, 6.07) is 18.0. The summed E-state index contributed by atoms with van der Waals surface area (Å²) < 4.78 is 0. The molecule has 2 aromatic carbocycles. The Hall–Kier alpha value is -2.40. The van der Waals surface area contributed by atoms with Crippen molar-refractivity contribution in [3.63, 3.8) is 0 Å². The van der Waals surface area contributed by atoms with Gasteiger partial charge < -0.3 is 15.5 Å².